The lowest BCUT2D eigenvalue weighted by Gasteiger charge is -2.31. The van der Waals surface area contributed by atoms with Crippen LogP contribution in [0.15, 0.2) is 6.07 Å². The van der Waals surface area contributed by atoms with Crippen molar-refractivity contribution >= 4 is 0 Å². The molecule has 0 unspecified atom stereocenters. The molecule has 20 heavy (non-hydrogen) atoms. The average Bonchev–Trinajstić information content (AvgIpc) is 2.75. The van der Waals surface area contributed by atoms with Crippen LogP contribution in [0.25, 0.3) is 0 Å². The van der Waals surface area contributed by atoms with Crippen molar-refractivity contribution in [1.82, 2.24) is 20.0 Å². The lowest BCUT2D eigenvalue weighted by Crippen LogP contribution is -2.42. The molecule has 110 valence electrons. The van der Waals surface area contributed by atoms with Crippen molar-refractivity contribution in [1.29, 1.82) is 0 Å². The SMILES string of the molecule is C#CCN1CCC(NCCCn2nc(C)cc2C)CC1. The summed E-state index contributed by atoms with van der Waals surface area (Å²) in [6.45, 7) is 9.28. The Hall–Kier alpha value is -1.31. The zero-order valence-corrected chi connectivity index (χ0v) is 12.7. The molecule has 0 aromatic carbocycles. The number of hydrogen-bond acceptors (Lipinski definition) is 3. The molecule has 4 heteroatoms. The Labute approximate surface area is 122 Å². The van der Waals surface area contributed by atoms with E-state index in [1.165, 1.54) is 18.5 Å². The van der Waals surface area contributed by atoms with Crippen molar-refractivity contribution in [2.75, 3.05) is 26.2 Å². The topological polar surface area (TPSA) is 33.1 Å². The summed E-state index contributed by atoms with van der Waals surface area (Å²) in [5, 5.41) is 8.15. The highest BCUT2D eigenvalue weighted by molar-refractivity contribution is 5.06. The Morgan fingerprint density at radius 2 is 2.15 bits per heavy atom. The number of piperidine rings is 1. The Morgan fingerprint density at radius 3 is 2.75 bits per heavy atom. The number of aryl methyl sites for hydroxylation is 3. The van der Waals surface area contributed by atoms with E-state index < -0.39 is 0 Å². The van der Waals surface area contributed by atoms with Crippen LogP contribution in [-0.2, 0) is 6.54 Å². The van der Waals surface area contributed by atoms with Gasteiger partial charge in [-0.25, -0.2) is 0 Å². The van der Waals surface area contributed by atoms with Crippen LogP contribution in [0.3, 0.4) is 0 Å². The van der Waals surface area contributed by atoms with E-state index in [0.29, 0.717) is 6.04 Å². The zero-order chi connectivity index (χ0) is 14.4. The van der Waals surface area contributed by atoms with Gasteiger partial charge in [-0.1, -0.05) is 5.92 Å². The van der Waals surface area contributed by atoms with Crippen LogP contribution < -0.4 is 5.32 Å². The summed E-state index contributed by atoms with van der Waals surface area (Å²) in [5.74, 6) is 2.73. The number of nitrogens with one attached hydrogen (secondary N) is 1. The fourth-order valence-electron chi connectivity index (χ4n) is 2.86. The highest BCUT2D eigenvalue weighted by atomic mass is 15.3. The minimum Gasteiger partial charge on any atom is -0.314 e. The predicted octanol–water partition coefficient (Wildman–Crippen LogP) is 1.58. The first-order valence-electron chi connectivity index (χ1n) is 7.59. The van der Waals surface area contributed by atoms with Gasteiger partial charge in [0.2, 0.25) is 0 Å². The molecule has 0 amide bonds. The Balaban J connectivity index is 1.60. The third-order valence-corrected chi connectivity index (χ3v) is 3.99. The van der Waals surface area contributed by atoms with Crippen molar-refractivity contribution in [3.63, 3.8) is 0 Å². The summed E-state index contributed by atoms with van der Waals surface area (Å²) in [4.78, 5) is 2.36. The van der Waals surface area contributed by atoms with E-state index in [2.05, 4.69) is 38.9 Å². The molecule has 0 radical (unpaired) electrons. The molecule has 0 aliphatic carbocycles. The second kappa shape index (κ2) is 7.47. The van der Waals surface area contributed by atoms with Crippen LogP contribution in [0, 0.1) is 26.2 Å². The van der Waals surface area contributed by atoms with Crippen molar-refractivity contribution in [3.05, 3.63) is 17.5 Å². The molecule has 0 saturated carbocycles. The van der Waals surface area contributed by atoms with Crippen LogP contribution in [0.1, 0.15) is 30.7 Å². The first-order valence-corrected chi connectivity index (χ1v) is 7.59. The van der Waals surface area contributed by atoms with Gasteiger partial charge in [-0.3, -0.25) is 9.58 Å². The first-order chi connectivity index (χ1) is 9.69. The standard InChI is InChI=1S/C16H26N4/c1-4-9-19-11-6-16(7-12-19)17-8-5-10-20-15(3)13-14(2)18-20/h1,13,16-17H,5-12H2,2-3H3. The van der Waals surface area contributed by atoms with Crippen molar-refractivity contribution in [3.8, 4) is 12.3 Å². The van der Waals surface area contributed by atoms with Crippen molar-refractivity contribution in [2.24, 2.45) is 0 Å². The predicted molar refractivity (Wildman–Crippen MR) is 82.6 cm³/mol. The van der Waals surface area contributed by atoms with Gasteiger partial charge in [0.1, 0.15) is 0 Å². The van der Waals surface area contributed by atoms with Gasteiger partial charge in [-0.15, -0.1) is 6.42 Å². The van der Waals surface area contributed by atoms with Crippen LogP contribution in [0.5, 0.6) is 0 Å². The molecule has 0 atom stereocenters. The number of likely N-dealkylation sites (tertiary alicyclic amines) is 1. The second-order valence-corrected chi connectivity index (χ2v) is 5.71. The summed E-state index contributed by atoms with van der Waals surface area (Å²) < 4.78 is 2.10. The number of nitrogens with zero attached hydrogens (tertiary/aromatic N) is 3. The molecule has 1 aliphatic rings. The molecular formula is C16H26N4. The number of rotatable bonds is 6. The summed E-state index contributed by atoms with van der Waals surface area (Å²) in [7, 11) is 0. The summed E-state index contributed by atoms with van der Waals surface area (Å²) in [5.41, 5.74) is 2.36. The molecule has 2 rings (SSSR count). The molecule has 2 heterocycles. The normalized spacial score (nSPS) is 17.2. The van der Waals surface area contributed by atoms with Gasteiger partial charge in [-0.05, 0) is 45.7 Å². The summed E-state index contributed by atoms with van der Waals surface area (Å²) >= 11 is 0. The number of terminal acetylenes is 1. The minimum atomic E-state index is 0.657. The summed E-state index contributed by atoms with van der Waals surface area (Å²) in [6.07, 6.45) is 8.90. The molecule has 4 nitrogen and oxygen atoms in total. The fraction of sp³-hybridized carbons (Fsp3) is 0.688. The molecule has 0 bridgehead atoms. The maximum Gasteiger partial charge on any atom is 0.0598 e. The maximum absolute atomic E-state index is 5.35. The fourth-order valence-corrected chi connectivity index (χ4v) is 2.86. The maximum atomic E-state index is 5.35. The van der Waals surface area contributed by atoms with Crippen molar-refractivity contribution < 1.29 is 0 Å². The van der Waals surface area contributed by atoms with Gasteiger partial charge in [0.25, 0.3) is 0 Å². The zero-order valence-electron chi connectivity index (χ0n) is 12.7. The van der Waals surface area contributed by atoms with Gasteiger partial charge in [0.05, 0.1) is 12.2 Å². The Morgan fingerprint density at radius 1 is 1.40 bits per heavy atom. The molecule has 1 aliphatic heterocycles. The molecular weight excluding hydrogens is 248 g/mol. The van der Waals surface area contributed by atoms with Gasteiger partial charge >= 0.3 is 0 Å². The van der Waals surface area contributed by atoms with E-state index in [4.69, 9.17) is 6.42 Å². The monoisotopic (exact) mass is 274 g/mol. The lowest BCUT2D eigenvalue weighted by atomic mass is 10.1. The highest BCUT2D eigenvalue weighted by Crippen LogP contribution is 2.09. The Bertz CT molecular complexity index is 450. The molecule has 1 saturated heterocycles. The third-order valence-electron chi connectivity index (χ3n) is 3.99. The summed E-state index contributed by atoms with van der Waals surface area (Å²) in [6, 6.07) is 2.79. The van der Waals surface area contributed by atoms with E-state index in [1.807, 2.05) is 6.92 Å². The van der Waals surface area contributed by atoms with Crippen LogP contribution in [-0.4, -0.2) is 46.9 Å². The second-order valence-electron chi connectivity index (χ2n) is 5.71. The van der Waals surface area contributed by atoms with Crippen LogP contribution in [0.2, 0.25) is 0 Å². The van der Waals surface area contributed by atoms with Gasteiger partial charge in [-0.2, -0.15) is 5.10 Å². The molecule has 0 spiro atoms. The van der Waals surface area contributed by atoms with Crippen LogP contribution >= 0.6 is 0 Å². The van der Waals surface area contributed by atoms with Gasteiger partial charge in [0.15, 0.2) is 0 Å². The molecule has 1 fully saturated rings. The average molecular weight is 274 g/mol. The third kappa shape index (κ3) is 4.36. The van der Waals surface area contributed by atoms with Gasteiger partial charge < -0.3 is 5.32 Å². The highest BCUT2D eigenvalue weighted by Gasteiger charge is 2.17. The molecule has 1 N–H and O–H groups in total. The van der Waals surface area contributed by atoms with E-state index in [9.17, 15) is 0 Å². The first kappa shape index (κ1) is 15.1. The molecule has 1 aromatic rings. The number of aromatic nitrogens is 2. The Kier molecular flexibility index (Phi) is 5.63. The molecule has 1 aromatic heterocycles. The van der Waals surface area contributed by atoms with E-state index in [1.54, 1.807) is 0 Å². The van der Waals surface area contributed by atoms with E-state index in [-0.39, 0.29) is 0 Å². The number of hydrogen-bond donors (Lipinski definition) is 1. The van der Waals surface area contributed by atoms with E-state index >= 15 is 0 Å². The minimum absolute atomic E-state index is 0.657. The quantitative estimate of drug-likeness (QED) is 0.631. The van der Waals surface area contributed by atoms with Gasteiger partial charge in [0, 0.05) is 31.4 Å². The van der Waals surface area contributed by atoms with Crippen molar-refractivity contribution in [2.45, 2.75) is 45.7 Å². The lowest BCUT2D eigenvalue weighted by molar-refractivity contribution is 0.217. The van der Waals surface area contributed by atoms with E-state index in [0.717, 1.165) is 44.8 Å². The largest absolute Gasteiger partial charge is 0.314 e. The van der Waals surface area contributed by atoms with Crippen LogP contribution in [0.4, 0.5) is 0 Å². The smallest absolute Gasteiger partial charge is 0.0598 e.